The Morgan fingerprint density at radius 3 is 2.16 bits per heavy atom. The van der Waals surface area contributed by atoms with Crippen LogP contribution in [0.2, 0.25) is 0 Å². The molecule has 4 nitrogen and oxygen atoms in total. The molecule has 0 unspecified atom stereocenters. The number of carbonyl (C=O) groups is 1. The van der Waals surface area contributed by atoms with Crippen molar-refractivity contribution in [3.63, 3.8) is 0 Å². The summed E-state index contributed by atoms with van der Waals surface area (Å²) in [4.78, 5) is 12.5. The number of nitrogens with one attached hydrogen (secondary N) is 1. The molecule has 0 bridgehead atoms. The zero-order chi connectivity index (χ0) is 22.1. The Labute approximate surface area is 183 Å². The molecule has 31 heavy (non-hydrogen) atoms. The predicted octanol–water partition coefficient (Wildman–Crippen LogP) is 5.21. The van der Waals surface area contributed by atoms with E-state index in [1.54, 1.807) is 0 Å². The Balaban J connectivity index is 1.47. The van der Waals surface area contributed by atoms with E-state index in [-0.39, 0.29) is 12.5 Å². The average molecular weight is 411 g/mol. The fraction of sp³-hybridized carbons (Fsp3) is 0.222. The van der Waals surface area contributed by atoms with E-state index in [4.69, 9.17) is 16.9 Å². The van der Waals surface area contributed by atoms with Gasteiger partial charge in [0, 0.05) is 23.7 Å². The van der Waals surface area contributed by atoms with Crippen LogP contribution in [-0.2, 0) is 11.3 Å². The minimum absolute atomic E-state index is 0.0321. The van der Waals surface area contributed by atoms with Crippen LogP contribution in [0.3, 0.4) is 0 Å². The van der Waals surface area contributed by atoms with Crippen molar-refractivity contribution in [2.24, 2.45) is 0 Å². The molecule has 1 amide bonds. The van der Waals surface area contributed by atoms with Crippen molar-refractivity contribution in [2.75, 3.05) is 12.3 Å². The van der Waals surface area contributed by atoms with E-state index in [1.165, 1.54) is 22.3 Å². The van der Waals surface area contributed by atoms with Crippen LogP contribution in [-0.4, -0.2) is 12.7 Å². The number of carbonyl (C=O) groups excluding carboxylic acids is 1. The summed E-state index contributed by atoms with van der Waals surface area (Å²) in [6, 6.07) is 16.6. The van der Waals surface area contributed by atoms with Crippen LogP contribution in [0.5, 0.6) is 0 Å². The SMILES string of the molecule is C#Cc1c(C)c(N)c(C)c(CNC(=O)OCC2c3ccccc3-c3ccccc32)c1C. The van der Waals surface area contributed by atoms with E-state index >= 15 is 0 Å². The molecule has 0 radical (unpaired) electrons. The van der Waals surface area contributed by atoms with Crippen molar-refractivity contribution < 1.29 is 9.53 Å². The van der Waals surface area contributed by atoms with Gasteiger partial charge in [0.05, 0.1) is 0 Å². The third kappa shape index (κ3) is 3.53. The molecule has 3 aromatic rings. The molecular weight excluding hydrogens is 384 g/mol. The molecule has 0 aliphatic heterocycles. The molecule has 0 aromatic heterocycles. The van der Waals surface area contributed by atoms with Gasteiger partial charge >= 0.3 is 6.09 Å². The number of rotatable bonds is 4. The van der Waals surface area contributed by atoms with Gasteiger partial charge in [-0.1, -0.05) is 54.5 Å². The van der Waals surface area contributed by atoms with E-state index < -0.39 is 6.09 Å². The van der Waals surface area contributed by atoms with Crippen LogP contribution >= 0.6 is 0 Å². The van der Waals surface area contributed by atoms with E-state index in [0.717, 1.165) is 27.8 Å². The van der Waals surface area contributed by atoms with Gasteiger partial charge in [-0.05, 0) is 65.3 Å². The van der Waals surface area contributed by atoms with Gasteiger partial charge in [-0.3, -0.25) is 0 Å². The summed E-state index contributed by atoms with van der Waals surface area (Å²) < 4.78 is 5.63. The molecule has 0 fully saturated rings. The molecule has 0 atom stereocenters. The van der Waals surface area contributed by atoms with Crippen LogP contribution in [0.1, 0.15) is 44.9 Å². The highest BCUT2D eigenvalue weighted by Crippen LogP contribution is 2.44. The minimum atomic E-state index is -0.456. The third-order valence-electron chi connectivity index (χ3n) is 6.36. The number of hydrogen-bond acceptors (Lipinski definition) is 3. The molecule has 4 heteroatoms. The van der Waals surface area contributed by atoms with Gasteiger partial charge in [0.15, 0.2) is 0 Å². The molecule has 3 aromatic carbocycles. The van der Waals surface area contributed by atoms with Gasteiger partial charge < -0.3 is 15.8 Å². The Kier molecular flexibility index (Phi) is 5.44. The molecule has 4 rings (SSSR count). The molecule has 1 aliphatic carbocycles. The first-order valence-electron chi connectivity index (χ1n) is 10.4. The van der Waals surface area contributed by atoms with Gasteiger partial charge in [-0.25, -0.2) is 4.79 Å². The number of hydrogen-bond donors (Lipinski definition) is 2. The van der Waals surface area contributed by atoms with Crippen molar-refractivity contribution in [2.45, 2.75) is 33.2 Å². The average Bonchev–Trinajstić information content (AvgIpc) is 3.10. The summed E-state index contributed by atoms with van der Waals surface area (Å²) in [6.45, 7) is 6.43. The second-order valence-electron chi connectivity index (χ2n) is 7.97. The molecular formula is C27H26N2O2. The maximum atomic E-state index is 12.5. The smallest absolute Gasteiger partial charge is 0.407 e. The van der Waals surface area contributed by atoms with Crippen LogP contribution in [0.4, 0.5) is 10.5 Å². The molecule has 1 aliphatic rings. The fourth-order valence-electron chi connectivity index (χ4n) is 4.58. The first kappa shape index (κ1) is 20.6. The predicted molar refractivity (Wildman–Crippen MR) is 125 cm³/mol. The summed E-state index contributed by atoms with van der Waals surface area (Å²) in [5, 5.41) is 2.87. The van der Waals surface area contributed by atoms with Crippen molar-refractivity contribution in [3.8, 4) is 23.5 Å². The lowest BCUT2D eigenvalue weighted by molar-refractivity contribution is 0.142. The molecule has 0 saturated heterocycles. The maximum absolute atomic E-state index is 12.5. The van der Waals surface area contributed by atoms with Gasteiger partial charge in [-0.2, -0.15) is 0 Å². The fourth-order valence-corrected chi connectivity index (χ4v) is 4.58. The summed E-state index contributed by atoms with van der Waals surface area (Å²) >= 11 is 0. The van der Waals surface area contributed by atoms with E-state index in [0.29, 0.717) is 12.2 Å². The molecule has 0 spiro atoms. The number of alkyl carbamates (subject to hydrolysis) is 1. The Morgan fingerprint density at radius 1 is 1.00 bits per heavy atom. The van der Waals surface area contributed by atoms with Crippen LogP contribution in [0, 0.1) is 33.1 Å². The lowest BCUT2D eigenvalue weighted by atomic mass is 9.92. The maximum Gasteiger partial charge on any atom is 0.407 e. The normalized spacial score (nSPS) is 12.1. The van der Waals surface area contributed by atoms with Gasteiger partial charge in [-0.15, -0.1) is 6.42 Å². The summed E-state index contributed by atoms with van der Waals surface area (Å²) in [5.41, 5.74) is 16.2. The lowest BCUT2D eigenvalue weighted by Crippen LogP contribution is -2.26. The number of anilines is 1. The van der Waals surface area contributed by atoms with Crippen molar-refractivity contribution in [1.29, 1.82) is 0 Å². The van der Waals surface area contributed by atoms with E-state index in [1.807, 2.05) is 45.0 Å². The first-order valence-corrected chi connectivity index (χ1v) is 10.4. The van der Waals surface area contributed by atoms with Crippen molar-refractivity contribution in [3.05, 3.63) is 87.5 Å². The topological polar surface area (TPSA) is 64.3 Å². The number of amides is 1. The lowest BCUT2D eigenvalue weighted by Gasteiger charge is -2.19. The molecule has 3 N–H and O–H groups in total. The Morgan fingerprint density at radius 2 is 1.58 bits per heavy atom. The van der Waals surface area contributed by atoms with Gasteiger partial charge in [0.25, 0.3) is 0 Å². The highest BCUT2D eigenvalue weighted by atomic mass is 16.5. The number of nitrogen functional groups attached to an aromatic ring is 1. The van der Waals surface area contributed by atoms with Crippen LogP contribution in [0.15, 0.2) is 48.5 Å². The number of ether oxygens (including phenoxy) is 1. The Bertz CT molecular complexity index is 1180. The third-order valence-corrected chi connectivity index (χ3v) is 6.36. The number of benzene rings is 3. The quantitative estimate of drug-likeness (QED) is 0.458. The number of nitrogens with two attached hydrogens (primary N) is 1. The van der Waals surface area contributed by atoms with Crippen molar-refractivity contribution >= 4 is 11.8 Å². The second kappa shape index (κ2) is 8.20. The van der Waals surface area contributed by atoms with Crippen LogP contribution in [0.25, 0.3) is 11.1 Å². The minimum Gasteiger partial charge on any atom is -0.449 e. The summed E-state index contributed by atoms with van der Waals surface area (Å²) in [5.74, 6) is 2.75. The molecule has 0 heterocycles. The largest absolute Gasteiger partial charge is 0.449 e. The van der Waals surface area contributed by atoms with Crippen molar-refractivity contribution in [1.82, 2.24) is 5.32 Å². The van der Waals surface area contributed by atoms with Gasteiger partial charge in [0.2, 0.25) is 0 Å². The molecule has 156 valence electrons. The summed E-state index contributed by atoms with van der Waals surface area (Å²) in [6.07, 6.45) is 5.22. The van der Waals surface area contributed by atoms with Gasteiger partial charge in [0.1, 0.15) is 6.61 Å². The first-order chi connectivity index (χ1) is 14.9. The van der Waals surface area contributed by atoms with E-state index in [2.05, 4.69) is 35.5 Å². The highest BCUT2D eigenvalue weighted by Gasteiger charge is 2.29. The Hall–Kier alpha value is -3.71. The van der Waals surface area contributed by atoms with E-state index in [9.17, 15) is 4.79 Å². The monoisotopic (exact) mass is 410 g/mol. The standard InChI is InChI=1S/C27H26N2O2/c1-5-19-16(2)24(18(4)26(28)17(19)3)14-29-27(30)31-15-25-22-12-8-6-10-20(22)21-11-7-9-13-23(21)25/h1,6-13,25H,14-15,28H2,2-4H3,(H,29,30). The van der Waals surface area contributed by atoms with Crippen LogP contribution < -0.4 is 11.1 Å². The molecule has 0 saturated carbocycles. The zero-order valence-electron chi connectivity index (χ0n) is 18.1. The summed E-state index contributed by atoms with van der Waals surface area (Å²) in [7, 11) is 0. The highest BCUT2D eigenvalue weighted by molar-refractivity contribution is 5.79. The number of terminal acetylenes is 1. The number of fused-ring (bicyclic) bond motifs is 3. The zero-order valence-corrected chi connectivity index (χ0v) is 18.1. The second-order valence-corrected chi connectivity index (χ2v) is 7.97.